The summed E-state index contributed by atoms with van der Waals surface area (Å²) in [6.07, 6.45) is -0.0512. The molecule has 124 valence electrons. The Morgan fingerprint density at radius 1 is 0.840 bits per heavy atom. The molecule has 4 heteroatoms. The van der Waals surface area contributed by atoms with Gasteiger partial charge in [0.1, 0.15) is 5.75 Å². The first kappa shape index (κ1) is 15.9. The fourth-order valence-corrected chi connectivity index (χ4v) is 3.03. The molecular weight excluding hydrogens is 311 g/mol. The zero-order chi connectivity index (χ0) is 17.1. The molecule has 1 atom stereocenters. The van der Waals surface area contributed by atoms with E-state index in [-0.39, 0.29) is 13.2 Å². The van der Waals surface area contributed by atoms with Crippen LogP contribution >= 0.6 is 0 Å². The smallest absolute Gasteiger partial charge is 0.494 e. The van der Waals surface area contributed by atoms with Crippen LogP contribution in [-0.4, -0.2) is 20.8 Å². The van der Waals surface area contributed by atoms with Gasteiger partial charge in [-0.25, -0.2) is 0 Å². The Labute approximate surface area is 148 Å². The summed E-state index contributed by atoms with van der Waals surface area (Å²) in [5.41, 5.74) is 4.53. The minimum atomic E-state index is -0.322. The molecule has 1 aliphatic heterocycles. The van der Waals surface area contributed by atoms with E-state index in [1.165, 1.54) is 11.1 Å². The van der Waals surface area contributed by atoms with Crippen LogP contribution in [0.25, 0.3) is 11.1 Å². The molecule has 3 aromatic carbocycles. The first-order chi connectivity index (χ1) is 12.3. The van der Waals surface area contributed by atoms with E-state index in [4.69, 9.17) is 14.0 Å². The molecule has 0 aliphatic carbocycles. The fraction of sp³-hybridized carbons (Fsp3) is 0.143. The van der Waals surface area contributed by atoms with Crippen LogP contribution in [0.4, 0.5) is 0 Å². The predicted octanol–water partition coefficient (Wildman–Crippen LogP) is 3.85. The summed E-state index contributed by atoms with van der Waals surface area (Å²) < 4.78 is 17.1. The van der Waals surface area contributed by atoms with Crippen LogP contribution in [0.15, 0.2) is 78.9 Å². The first-order valence-corrected chi connectivity index (χ1v) is 8.40. The lowest BCUT2D eigenvalue weighted by atomic mass is 9.79. The molecule has 25 heavy (non-hydrogen) atoms. The van der Waals surface area contributed by atoms with Gasteiger partial charge in [0.2, 0.25) is 0 Å². The van der Waals surface area contributed by atoms with Crippen LogP contribution in [-0.2, 0) is 9.31 Å². The van der Waals surface area contributed by atoms with Gasteiger partial charge in [-0.2, -0.15) is 0 Å². The normalized spacial score (nSPS) is 16.8. The SMILES string of the molecule is COc1ccc([C@@H]2COB(c3ccc(-c4ccccc4)cc3)O2)cc1. The van der Waals surface area contributed by atoms with Gasteiger partial charge in [-0.1, -0.05) is 66.7 Å². The molecule has 1 fully saturated rings. The second-order valence-electron chi connectivity index (χ2n) is 6.05. The average molecular weight is 330 g/mol. The molecule has 0 spiro atoms. The molecule has 3 nitrogen and oxygen atoms in total. The van der Waals surface area contributed by atoms with Gasteiger partial charge < -0.3 is 14.0 Å². The van der Waals surface area contributed by atoms with Gasteiger partial charge in [0.05, 0.1) is 19.8 Å². The van der Waals surface area contributed by atoms with E-state index in [1.807, 2.05) is 42.5 Å². The predicted molar refractivity (Wildman–Crippen MR) is 100 cm³/mol. The van der Waals surface area contributed by atoms with E-state index in [9.17, 15) is 0 Å². The molecule has 0 N–H and O–H groups in total. The maximum atomic E-state index is 6.09. The van der Waals surface area contributed by atoms with Crippen molar-refractivity contribution in [3.05, 3.63) is 84.4 Å². The molecular formula is C21H19BO3. The van der Waals surface area contributed by atoms with E-state index in [1.54, 1.807) is 7.11 Å². The van der Waals surface area contributed by atoms with Crippen molar-refractivity contribution in [2.75, 3.05) is 13.7 Å². The second kappa shape index (κ2) is 7.13. The second-order valence-corrected chi connectivity index (χ2v) is 6.05. The molecule has 1 saturated heterocycles. The number of ether oxygens (including phenoxy) is 1. The minimum Gasteiger partial charge on any atom is -0.497 e. The lowest BCUT2D eigenvalue weighted by molar-refractivity contribution is 0.241. The topological polar surface area (TPSA) is 27.7 Å². The Bertz CT molecular complexity index is 816. The van der Waals surface area contributed by atoms with E-state index in [0.29, 0.717) is 6.61 Å². The van der Waals surface area contributed by atoms with Crippen LogP contribution in [0, 0.1) is 0 Å². The molecule has 1 heterocycles. The lowest BCUT2D eigenvalue weighted by Gasteiger charge is -2.11. The molecule has 0 unspecified atom stereocenters. The van der Waals surface area contributed by atoms with Crippen LogP contribution in [0.3, 0.4) is 0 Å². The van der Waals surface area contributed by atoms with Gasteiger partial charge in [0.15, 0.2) is 0 Å². The van der Waals surface area contributed by atoms with Crippen LogP contribution < -0.4 is 10.2 Å². The van der Waals surface area contributed by atoms with Gasteiger partial charge in [-0.05, 0) is 34.3 Å². The standard InChI is InChI=1S/C21H19BO3/c1-23-20-13-9-18(10-14-20)21-15-24-22(25-21)19-11-7-17(8-12-19)16-5-3-2-4-6-16/h2-14,21H,15H2,1H3/t21-/m0/s1. The maximum absolute atomic E-state index is 6.09. The number of hydrogen-bond acceptors (Lipinski definition) is 3. The molecule has 3 aromatic rings. The van der Waals surface area contributed by atoms with Crippen molar-refractivity contribution >= 4 is 12.6 Å². The quantitative estimate of drug-likeness (QED) is 0.680. The van der Waals surface area contributed by atoms with E-state index in [0.717, 1.165) is 16.8 Å². The Morgan fingerprint density at radius 2 is 1.52 bits per heavy atom. The number of hydrogen-bond donors (Lipinski definition) is 0. The molecule has 0 bridgehead atoms. The molecule has 0 amide bonds. The van der Waals surface area contributed by atoms with Crippen molar-refractivity contribution in [2.24, 2.45) is 0 Å². The zero-order valence-corrected chi connectivity index (χ0v) is 14.1. The zero-order valence-electron chi connectivity index (χ0n) is 14.1. The maximum Gasteiger partial charge on any atom is 0.494 e. The average Bonchev–Trinajstić information content (AvgIpc) is 3.19. The molecule has 1 aliphatic rings. The summed E-state index contributed by atoms with van der Waals surface area (Å²) >= 11 is 0. The highest BCUT2D eigenvalue weighted by molar-refractivity contribution is 6.61. The third-order valence-corrected chi connectivity index (χ3v) is 4.46. The molecule has 0 saturated carbocycles. The summed E-state index contributed by atoms with van der Waals surface area (Å²) in [6.45, 7) is 0.553. The van der Waals surface area contributed by atoms with Gasteiger partial charge in [-0.15, -0.1) is 0 Å². The van der Waals surface area contributed by atoms with Gasteiger partial charge in [-0.3, -0.25) is 0 Å². The Morgan fingerprint density at radius 3 is 2.20 bits per heavy atom. The van der Waals surface area contributed by atoms with Crippen molar-refractivity contribution in [1.29, 1.82) is 0 Å². The van der Waals surface area contributed by atoms with E-state index in [2.05, 4.69) is 36.4 Å². The van der Waals surface area contributed by atoms with Crippen LogP contribution in [0.2, 0.25) is 0 Å². The number of methoxy groups -OCH3 is 1. The number of benzene rings is 3. The Balaban J connectivity index is 1.46. The van der Waals surface area contributed by atoms with Crippen molar-refractivity contribution < 1.29 is 14.0 Å². The number of rotatable bonds is 4. The van der Waals surface area contributed by atoms with E-state index >= 15 is 0 Å². The van der Waals surface area contributed by atoms with Crippen molar-refractivity contribution in [1.82, 2.24) is 0 Å². The van der Waals surface area contributed by atoms with Gasteiger partial charge in [0.25, 0.3) is 0 Å². The highest BCUT2D eigenvalue weighted by Gasteiger charge is 2.33. The van der Waals surface area contributed by atoms with Crippen LogP contribution in [0.5, 0.6) is 5.75 Å². The third-order valence-electron chi connectivity index (χ3n) is 4.46. The van der Waals surface area contributed by atoms with Crippen molar-refractivity contribution in [3.8, 4) is 16.9 Å². The summed E-state index contributed by atoms with van der Waals surface area (Å²) in [7, 11) is 1.34. The molecule has 0 aromatic heterocycles. The van der Waals surface area contributed by atoms with Crippen LogP contribution in [0.1, 0.15) is 11.7 Å². The molecule has 4 rings (SSSR count). The summed E-state index contributed by atoms with van der Waals surface area (Å²) in [5.74, 6) is 0.843. The first-order valence-electron chi connectivity index (χ1n) is 8.40. The Kier molecular flexibility index (Phi) is 4.55. The Hall–Kier alpha value is -2.56. The summed E-state index contributed by atoms with van der Waals surface area (Å²) in [6, 6.07) is 26.6. The summed E-state index contributed by atoms with van der Waals surface area (Å²) in [5, 5.41) is 0. The lowest BCUT2D eigenvalue weighted by Crippen LogP contribution is -2.31. The molecule has 0 radical (unpaired) electrons. The monoisotopic (exact) mass is 330 g/mol. The fourth-order valence-electron chi connectivity index (χ4n) is 3.03. The van der Waals surface area contributed by atoms with Crippen molar-refractivity contribution in [2.45, 2.75) is 6.10 Å². The summed E-state index contributed by atoms with van der Waals surface area (Å²) in [4.78, 5) is 0. The van der Waals surface area contributed by atoms with Gasteiger partial charge in [0, 0.05) is 0 Å². The van der Waals surface area contributed by atoms with Gasteiger partial charge >= 0.3 is 7.12 Å². The third kappa shape index (κ3) is 3.45. The highest BCUT2D eigenvalue weighted by Crippen LogP contribution is 2.26. The highest BCUT2D eigenvalue weighted by atomic mass is 16.6. The minimum absolute atomic E-state index is 0.0512. The largest absolute Gasteiger partial charge is 0.497 e. The van der Waals surface area contributed by atoms with Crippen molar-refractivity contribution in [3.63, 3.8) is 0 Å². The van der Waals surface area contributed by atoms with E-state index < -0.39 is 0 Å².